The average molecular weight is 560 g/mol. The quantitative estimate of drug-likeness (QED) is 0.431. The Morgan fingerprint density at radius 3 is 2.38 bits per heavy atom. The summed E-state index contributed by atoms with van der Waals surface area (Å²) in [7, 11) is 8.92. The monoisotopic (exact) mass is 559 g/mol. The summed E-state index contributed by atoms with van der Waals surface area (Å²) in [6.07, 6.45) is -1.32. The summed E-state index contributed by atoms with van der Waals surface area (Å²) in [6.45, 7) is 1.69. The van der Waals surface area contributed by atoms with Crippen molar-refractivity contribution in [1.29, 1.82) is 0 Å². The van der Waals surface area contributed by atoms with Crippen molar-refractivity contribution >= 4 is 0 Å². The largest absolute Gasteiger partial charge is 0.387 e. The third kappa shape index (κ3) is 2.99. The van der Waals surface area contributed by atoms with Crippen LogP contribution >= 0.6 is 0 Å². The van der Waals surface area contributed by atoms with Crippen LogP contribution in [0, 0.1) is 34.5 Å². The van der Waals surface area contributed by atoms with Gasteiger partial charge in [0.15, 0.2) is 0 Å². The molecule has 0 radical (unpaired) electrons. The molecule has 40 heavy (non-hydrogen) atoms. The number of aliphatic hydroxyl groups is 3. The summed E-state index contributed by atoms with van der Waals surface area (Å²) in [4.78, 5) is 2.38. The van der Waals surface area contributed by atoms with Crippen molar-refractivity contribution in [2.24, 2.45) is 34.5 Å². The van der Waals surface area contributed by atoms with Crippen molar-refractivity contribution in [3.8, 4) is 0 Å². The number of piperidine rings is 1. The van der Waals surface area contributed by atoms with Gasteiger partial charge in [0.25, 0.3) is 0 Å². The second kappa shape index (κ2) is 9.18. The molecule has 1 saturated heterocycles. The highest BCUT2D eigenvalue weighted by Gasteiger charge is 2.89. The van der Waals surface area contributed by atoms with Gasteiger partial charge < -0.3 is 43.9 Å². The number of aliphatic hydroxyl groups excluding tert-OH is 1. The van der Waals surface area contributed by atoms with E-state index in [4.69, 9.17) is 23.7 Å². The molecule has 222 valence electrons. The first-order valence-corrected chi connectivity index (χ1v) is 14.8. The number of methoxy groups -OCH3 is 4. The van der Waals surface area contributed by atoms with Crippen molar-refractivity contribution in [2.45, 2.75) is 73.6 Å². The maximum atomic E-state index is 13.1. The van der Waals surface area contributed by atoms with Crippen molar-refractivity contribution in [3.05, 3.63) is 35.9 Å². The Morgan fingerprint density at radius 2 is 1.73 bits per heavy atom. The highest BCUT2D eigenvalue weighted by Crippen LogP contribution is 2.80. The molecule has 6 fully saturated rings. The number of hydrogen-bond acceptors (Lipinski definition) is 9. The van der Waals surface area contributed by atoms with E-state index in [-0.39, 0.29) is 35.5 Å². The second-order valence-corrected chi connectivity index (χ2v) is 13.7. The molecule has 5 aliphatic carbocycles. The van der Waals surface area contributed by atoms with Crippen LogP contribution < -0.4 is 0 Å². The van der Waals surface area contributed by atoms with Crippen LogP contribution in [0.3, 0.4) is 0 Å². The molecular weight excluding hydrogens is 514 g/mol. The van der Waals surface area contributed by atoms with Crippen molar-refractivity contribution in [1.82, 2.24) is 4.90 Å². The minimum atomic E-state index is -1.60. The molecule has 14 atom stereocenters. The van der Waals surface area contributed by atoms with E-state index in [0.29, 0.717) is 19.6 Å². The van der Waals surface area contributed by atoms with Gasteiger partial charge in [0.05, 0.1) is 31.5 Å². The highest BCUT2D eigenvalue weighted by molar-refractivity contribution is 5.39. The van der Waals surface area contributed by atoms with Gasteiger partial charge in [-0.15, -0.1) is 0 Å². The summed E-state index contributed by atoms with van der Waals surface area (Å²) in [6, 6.07) is 9.78. The number of fused-ring (bicyclic) bond motifs is 2. The van der Waals surface area contributed by atoms with Crippen molar-refractivity contribution in [3.63, 3.8) is 0 Å². The van der Waals surface area contributed by atoms with E-state index in [0.717, 1.165) is 24.9 Å². The minimum Gasteiger partial charge on any atom is -0.387 e. The molecular formula is C31H45NO8. The molecule has 1 spiro atoms. The number of rotatable bonds is 8. The molecule has 1 aliphatic heterocycles. The first-order valence-electron chi connectivity index (χ1n) is 14.8. The minimum absolute atomic E-state index is 0.0276. The lowest BCUT2D eigenvalue weighted by atomic mass is 9.43. The fraction of sp³-hybridized carbons (Fsp3) is 0.806. The van der Waals surface area contributed by atoms with Gasteiger partial charge in [0.1, 0.15) is 23.4 Å². The number of nitrogens with zero attached hydrogens (tertiary/aromatic N) is 1. The van der Waals surface area contributed by atoms with E-state index in [9.17, 15) is 15.3 Å². The van der Waals surface area contributed by atoms with E-state index in [1.165, 1.54) is 7.11 Å². The van der Waals surface area contributed by atoms with Gasteiger partial charge in [-0.25, -0.2) is 0 Å². The van der Waals surface area contributed by atoms with Crippen LogP contribution in [0.5, 0.6) is 0 Å². The molecule has 9 nitrogen and oxygen atoms in total. The summed E-state index contributed by atoms with van der Waals surface area (Å²) < 4.78 is 31.2. The average Bonchev–Trinajstić information content (AvgIpc) is 3.35. The van der Waals surface area contributed by atoms with Crippen molar-refractivity contribution < 1.29 is 39.0 Å². The predicted octanol–water partition coefficient (Wildman–Crippen LogP) is 1.08. The molecule has 6 aliphatic rings. The van der Waals surface area contributed by atoms with Crippen LogP contribution in [0.4, 0.5) is 0 Å². The summed E-state index contributed by atoms with van der Waals surface area (Å²) in [5.41, 5.74) is -2.71. The fourth-order valence-corrected chi connectivity index (χ4v) is 11.9. The van der Waals surface area contributed by atoms with E-state index in [2.05, 4.69) is 11.9 Å². The Kier molecular flexibility index (Phi) is 6.35. The second-order valence-electron chi connectivity index (χ2n) is 13.7. The molecule has 1 aromatic carbocycles. The molecule has 1 heterocycles. The van der Waals surface area contributed by atoms with Crippen LogP contribution in [-0.2, 0) is 30.3 Å². The molecule has 7 bridgehead atoms. The lowest BCUT2D eigenvalue weighted by Gasteiger charge is -2.69. The first kappa shape index (κ1) is 27.7. The van der Waals surface area contributed by atoms with Crippen LogP contribution in [-0.4, -0.2) is 117 Å². The summed E-state index contributed by atoms with van der Waals surface area (Å²) in [5.74, 6) is -1.11. The van der Waals surface area contributed by atoms with Crippen LogP contribution in [0.1, 0.15) is 24.8 Å². The van der Waals surface area contributed by atoms with Gasteiger partial charge in [0, 0.05) is 69.6 Å². The fourth-order valence-electron chi connectivity index (χ4n) is 11.9. The summed E-state index contributed by atoms with van der Waals surface area (Å²) in [5, 5.41) is 37.6. The standard InChI is InChI=1S/C31H45NO8/c1-32-15-28(16-36-2)12-11-19(37-3)30-18-13-29(34)26(40-14-17-9-7-6-8-10-17)20(18)31(35,25(33)27(29)39-5)21(24(30)32)22(38-4)23(28)30/h6-10,18-27,33-35H,11-16H2,1-5H3/t18?,19-,20?,21?,22?,23?,24?,25-,26?,27-,28-,29+,30-,31+/m0/s1. The molecule has 7 rings (SSSR count). The van der Waals surface area contributed by atoms with E-state index < -0.39 is 46.8 Å². The lowest BCUT2D eigenvalue weighted by Crippen LogP contribution is -2.79. The van der Waals surface area contributed by atoms with Crippen LogP contribution in [0.15, 0.2) is 30.3 Å². The van der Waals surface area contributed by atoms with E-state index in [1.54, 1.807) is 21.3 Å². The number of hydrogen-bond donors (Lipinski definition) is 3. The molecule has 3 N–H and O–H groups in total. The Hall–Kier alpha value is -1.14. The Labute approximate surface area is 236 Å². The number of benzene rings is 1. The maximum Gasteiger partial charge on any atom is 0.120 e. The Balaban J connectivity index is 1.44. The molecule has 1 aromatic rings. The third-order valence-electron chi connectivity index (χ3n) is 12.5. The van der Waals surface area contributed by atoms with Gasteiger partial charge >= 0.3 is 0 Å². The molecule has 0 amide bonds. The Bertz CT molecular complexity index is 1120. The smallest absolute Gasteiger partial charge is 0.120 e. The van der Waals surface area contributed by atoms with Gasteiger partial charge in [-0.3, -0.25) is 0 Å². The van der Waals surface area contributed by atoms with Crippen LogP contribution in [0.2, 0.25) is 0 Å². The van der Waals surface area contributed by atoms with E-state index >= 15 is 0 Å². The number of likely N-dealkylation sites (tertiary alicyclic amines) is 1. The van der Waals surface area contributed by atoms with Gasteiger partial charge in [-0.1, -0.05) is 30.3 Å². The maximum absolute atomic E-state index is 13.1. The number of ether oxygens (including phenoxy) is 5. The zero-order valence-corrected chi connectivity index (χ0v) is 24.2. The predicted molar refractivity (Wildman–Crippen MR) is 144 cm³/mol. The zero-order chi connectivity index (χ0) is 28.2. The van der Waals surface area contributed by atoms with E-state index in [1.807, 2.05) is 30.3 Å². The lowest BCUT2D eigenvalue weighted by molar-refractivity contribution is -0.320. The molecule has 0 aromatic heterocycles. The summed E-state index contributed by atoms with van der Waals surface area (Å²) >= 11 is 0. The topological polar surface area (TPSA) is 110 Å². The zero-order valence-electron chi connectivity index (χ0n) is 24.2. The van der Waals surface area contributed by atoms with Gasteiger partial charge in [0.2, 0.25) is 0 Å². The molecule has 9 heteroatoms. The van der Waals surface area contributed by atoms with Gasteiger partial charge in [-0.2, -0.15) is 0 Å². The SMILES string of the molecule is COC[C@@]12CC[C@H](OC)[C@@]34C5C[C@@]6(O)C(OCc7ccccc7)C5[C@@](O)(C(C(OC)C13)C4N(C)C2)[C@@H](O)[C@@H]6OC. The third-order valence-corrected chi connectivity index (χ3v) is 12.5. The van der Waals surface area contributed by atoms with Crippen molar-refractivity contribution in [2.75, 3.05) is 48.6 Å². The first-order chi connectivity index (χ1) is 19.2. The highest BCUT2D eigenvalue weighted by atomic mass is 16.5. The molecule has 7 unspecified atom stereocenters. The van der Waals surface area contributed by atoms with Crippen LogP contribution in [0.25, 0.3) is 0 Å². The Morgan fingerprint density at radius 1 is 0.975 bits per heavy atom. The molecule has 5 saturated carbocycles. The normalized spacial score (nSPS) is 54.1. The van der Waals surface area contributed by atoms with Gasteiger partial charge in [-0.05, 0) is 37.8 Å².